The monoisotopic (exact) mass is 1050 g/mol. The maximum atomic E-state index is 7.79. The summed E-state index contributed by atoms with van der Waals surface area (Å²) in [6, 6.07) is 48.9. The molecule has 0 bridgehead atoms. The van der Waals surface area contributed by atoms with Gasteiger partial charge in [-0.15, -0.1) is 59.2 Å². The van der Waals surface area contributed by atoms with Crippen molar-refractivity contribution in [3.8, 4) is 28.3 Å². The van der Waals surface area contributed by atoms with Crippen LogP contribution in [0, 0.1) is 25.9 Å². The minimum absolute atomic E-state index is 0. The zero-order chi connectivity index (χ0) is 48.4. The van der Waals surface area contributed by atoms with Crippen LogP contribution in [-0.2, 0) is 20.1 Å². The Hall–Kier alpha value is -5.23. The van der Waals surface area contributed by atoms with Gasteiger partial charge in [-0.2, -0.15) is 11.3 Å². The number of fused-ring (bicyclic) bond motifs is 8. The molecule has 0 amide bonds. The van der Waals surface area contributed by atoms with Crippen LogP contribution in [0.5, 0.6) is 0 Å². The second kappa shape index (κ2) is 18.0. The maximum Gasteiger partial charge on any atom is 0.0798 e. The Labute approximate surface area is 405 Å². The summed E-state index contributed by atoms with van der Waals surface area (Å²) in [7, 11) is -1.69. The van der Waals surface area contributed by atoms with Crippen molar-refractivity contribution in [1.29, 1.82) is 0 Å². The molecular formula is C58H57IrN3SSi-2. The molecule has 325 valence electrons. The third kappa shape index (κ3) is 8.42. The Morgan fingerprint density at radius 1 is 0.672 bits per heavy atom. The van der Waals surface area contributed by atoms with Crippen LogP contribution in [0.1, 0.15) is 94.0 Å². The van der Waals surface area contributed by atoms with Crippen LogP contribution in [-0.4, -0.2) is 22.6 Å². The molecule has 0 saturated heterocycles. The summed E-state index contributed by atoms with van der Waals surface area (Å²) in [5.74, 6) is 2.13. The molecule has 64 heavy (non-hydrogen) atoms. The Bertz CT molecular complexity index is 3480. The topological polar surface area (TPSA) is 30.7 Å². The van der Waals surface area contributed by atoms with Gasteiger partial charge in [0.1, 0.15) is 0 Å². The maximum absolute atomic E-state index is 7.79. The predicted octanol–water partition coefficient (Wildman–Crippen LogP) is 16.2. The number of rotatable bonds is 7. The van der Waals surface area contributed by atoms with E-state index in [1.807, 2.05) is 11.3 Å². The molecule has 1 radical (unpaired) electrons. The molecule has 0 saturated carbocycles. The van der Waals surface area contributed by atoms with E-state index in [9.17, 15) is 0 Å². The third-order valence-corrected chi connectivity index (χ3v) is 15.4. The van der Waals surface area contributed by atoms with Gasteiger partial charge in [-0.3, -0.25) is 4.98 Å². The molecule has 0 N–H and O–H groups in total. The van der Waals surface area contributed by atoms with Crippen LogP contribution in [0.15, 0.2) is 128 Å². The number of benzene rings is 7. The fourth-order valence-electron chi connectivity index (χ4n) is 8.87. The summed E-state index contributed by atoms with van der Waals surface area (Å²) < 4.78 is 42.7. The smallest absolute Gasteiger partial charge is 0.0798 e. The van der Waals surface area contributed by atoms with Gasteiger partial charge in [0.25, 0.3) is 0 Å². The summed E-state index contributed by atoms with van der Waals surface area (Å²) in [5, 5.41) is 8.78. The molecule has 0 fully saturated rings. The van der Waals surface area contributed by atoms with Crippen molar-refractivity contribution in [3.63, 3.8) is 0 Å². The first kappa shape index (κ1) is 39.2. The summed E-state index contributed by atoms with van der Waals surface area (Å²) in [4.78, 5) is 9.77. The van der Waals surface area contributed by atoms with E-state index in [-0.39, 0.29) is 25.7 Å². The van der Waals surface area contributed by atoms with Gasteiger partial charge in [-0.1, -0.05) is 152 Å². The molecule has 6 heteroatoms. The zero-order valence-electron chi connectivity index (χ0n) is 43.0. The Kier molecular flexibility index (Phi) is 11.0. The summed E-state index contributed by atoms with van der Waals surface area (Å²) in [6.07, 6.45) is 1.76. The van der Waals surface area contributed by atoms with Crippen LogP contribution in [0.3, 0.4) is 0 Å². The molecule has 7 aromatic carbocycles. The number of nitrogens with zero attached hydrogens (tertiary/aromatic N) is 3. The average Bonchev–Trinajstić information content (AvgIpc) is 3.89. The molecule has 0 aliphatic carbocycles. The molecule has 0 aliphatic heterocycles. The van der Waals surface area contributed by atoms with Crippen molar-refractivity contribution in [2.75, 3.05) is 0 Å². The zero-order valence-corrected chi connectivity index (χ0v) is 42.2. The number of aromatic nitrogens is 3. The number of aryl methyl sites for hydroxylation is 2. The van der Waals surface area contributed by atoms with Crippen LogP contribution in [0.4, 0.5) is 0 Å². The summed E-state index contributed by atoms with van der Waals surface area (Å²) in [5.41, 5.74) is 10.8. The molecular weight excluding hydrogens is 991 g/mol. The van der Waals surface area contributed by atoms with Gasteiger partial charge < -0.3 is 9.55 Å². The number of imidazole rings is 1. The molecule has 3 aromatic heterocycles. The molecule has 0 atom stereocenters. The van der Waals surface area contributed by atoms with Crippen molar-refractivity contribution in [3.05, 3.63) is 167 Å². The van der Waals surface area contributed by atoms with Crippen molar-refractivity contribution in [1.82, 2.24) is 14.5 Å². The minimum Gasteiger partial charge on any atom is -0.333 e. The van der Waals surface area contributed by atoms with E-state index in [0.717, 1.165) is 27.6 Å². The number of thiophene rings is 1. The van der Waals surface area contributed by atoms with E-state index in [2.05, 4.69) is 180 Å². The number of para-hydroxylation sites is 2. The van der Waals surface area contributed by atoms with Gasteiger partial charge in [0, 0.05) is 43.5 Å². The second-order valence-corrected chi connectivity index (χ2v) is 24.8. The van der Waals surface area contributed by atoms with Gasteiger partial charge in [-0.05, 0) is 102 Å². The molecule has 3 nitrogen and oxygen atoms in total. The third-order valence-electron chi connectivity index (χ3n) is 12.2. The first-order valence-electron chi connectivity index (χ1n) is 24.7. The average molecular weight is 1050 g/mol. The Balaban J connectivity index is 0.000000227. The SMILES string of the molecule is CC(C)c1cc(C(C)C)c(-n2c(-c3[c-]cc4sc5ccc6c7ccccc7ccc6c5c4c3)nc3ccccc32)c(C(C)C)c1.[2H]C([2H])c1cc(-c2[c-]cc(C([2H])([2H])[2H])cc2)ncc1[Si](C)(C)C.[Ir]. The minimum atomic E-state index is -2.15. The van der Waals surface area contributed by atoms with E-state index in [0.29, 0.717) is 34.6 Å². The van der Waals surface area contributed by atoms with Crippen LogP contribution >= 0.6 is 11.3 Å². The largest absolute Gasteiger partial charge is 0.333 e. The first-order valence-corrected chi connectivity index (χ1v) is 26.3. The second-order valence-electron chi connectivity index (χ2n) is 18.7. The van der Waals surface area contributed by atoms with E-state index < -0.39 is 21.8 Å². The summed E-state index contributed by atoms with van der Waals surface area (Å²) >= 11 is 1.85. The fourth-order valence-corrected chi connectivity index (χ4v) is 11.3. The van der Waals surface area contributed by atoms with Crippen molar-refractivity contribution < 1.29 is 27.0 Å². The van der Waals surface area contributed by atoms with Crippen molar-refractivity contribution >= 4 is 77.3 Å². The van der Waals surface area contributed by atoms with E-state index >= 15 is 0 Å². The van der Waals surface area contributed by atoms with E-state index in [1.54, 1.807) is 24.4 Å². The molecule has 10 rings (SSSR count). The molecule has 10 aromatic rings. The van der Waals surface area contributed by atoms with Crippen LogP contribution in [0.2, 0.25) is 19.6 Å². The fraction of sp³-hybridized carbons (Fsp3) is 0.241. The molecule has 0 spiro atoms. The molecule has 0 aliphatic rings. The standard InChI is InChI=1S/C42H37N2S.C16H20NSi.Ir/c1-24(2)29-22-33(25(3)4)41(34(23-29)26(5)6)44-37-14-10-9-13-36(37)43-42(44)28-16-19-38-35(21-28)40-32-17-15-27-11-7-8-12-30(27)31(32)18-20-39(40)45-38;1-12-6-8-14(9-7-12)15-10-13(2)16(11-17-15)18(3,4)5;/h7-15,17-26H,1-6H3;6-8,10-11H,1-5H3;/q2*-1;/i;1D3,2D2;. The van der Waals surface area contributed by atoms with Gasteiger partial charge >= 0.3 is 0 Å². The van der Waals surface area contributed by atoms with Crippen molar-refractivity contribution in [2.24, 2.45) is 0 Å². The Morgan fingerprint density at radius 3 is 2.08 bits per heavy atom. The van der Waals surface area contributed by atoms with E-state index in [4.69, 9.17) is 11.8 Å². The van der Waals surface area contributed by atoms with Crippen LogP contribution in [0.25, 0.3) is 81.1 Å². The normalized spacial score (nSPS) is 13.4. The van der Waals surface area contributed by atoms with Gasteiger partial charge in [0.05, 0.1) is 24.9 Å². The Morgan fingerprint density at radius 2 is 1.39 bits per heavy atom. The first-order chi connectivity index (χ1) is 32.3. The van der Waals surface area contributed by atoms with Gasteiger partial charge in [0.2, 0.25) is 0 Å². The number of pyridine rings is 1. The van der Waals surface area contributed by atoms with Crippen molar-refractivity contribution in [2.45, 2.75) is 92.7 Å². The summed E-state index contributed by atoms with van der Waals surface area (Å²) in [6.45, 7) is 17.1. The number of hydrogen-bond acceptors (Lipinski definition) is 3. The molecule has 3 heterocycles. The van der Waals surface area contributed by atoms with Gasteiger partial charge in [-0.25, -0.2) is 0 Å². The molecule has 0 unspecified atom stereocenters. The van der Waals surface area contributed by atoms with Crippen LogP contribution < -0.4 is 5.19 Å². The predicted molar refractivity (Wildman–Crippen MR) is 276 cm³/mol. The van der Waals surface area contributed by atoms with Gasteiger partial charge in [0.15, 0.2) is 0 Å². The quantitative estimate of drug-likeness (QED) is 0.0905. The van der Waals surface area contributed by atoms with E-state index in [1.165, 1.54) is 70.2 Å². The number of hydrogen-bond donors (Lipinski definition) is 0.